The van der Waals surface area contributed by atoms with E-state index in [-0.39, 0.29) is 6.04 Å². The molecule has 0 aliphatic rings. The lowest BCUT2D eigenvalue weighted by atomic mass is 10.0. The van der Waals surface area contributed by atoms with Gasteiger partial charge in [0.05, 0.1) is 6.42 Å². The number of nitrogens with one attached hydrogen (secondary N) is 1. The van der Waals surface area contributed by atoms with E-state index < -0.39 is 18.6 Å². The van der Waals surface area contributed by atoms with E-state index in [9.17, 15) is 13.2 Å². The molecule has 0 fully saturated rings. The van der Waals surface area contributed by atoms with Crippen molar-refractivity contribution >= 4 is 11.8 Å². The first kappa shape index (κ1) is 17.4. The van der Waals surface area contributed by atoms with Gasteiger partial charge >= 0.3 is 6.18 Å². The quantitative estimate of drug-likeness (QED) is 0.692. The Morgan fingerprint density at radius 2 is 1.85 bits per heavy atom. The zero-order valence-corrected chi connectivity index (χ0v) is 12.7. The lowest BCUT2D eigenvalue weighted by Gasteiger charge is -2.25. The molecule has 0 saturated heterocycles. The number of thioether (sulfide) groups is 1. The molecule has 0 aliphatic carbocycles. The van der Waals surface area contributed by atoms with Gasteiger partial charge in [0.2, 0.25) is 0 Å². The lowest BCUT2D eigenvalue weighted by Crippen LogP contribution is -2.34. The fourth-order valence-corrected chi connectivity index (χ4v) is 2.83. The summed E-state index contributed by atoms with van der Waals surface area (Å²) in [5.74, 6) is 2.01. The highest BCUT2D eigenvalue weighted by molar-refractivity contribution is 7.99. The van der Waals surface area contributed by atoms with Crippen LogP contribution in [0.4, 0.5) is 13.2 Å². The summed E-state index contributed by atoms with van der Waals surface area (Å²) < 4.78 is 38.1. The van der Waals surface area contributed by atoms with Gasteiger partial charge in [-0.15, -0.1) is 0 Å². The zero-order chi connectivity index (χ0) is 15.0. The van der Waals surface area contributed by atoms with Gasteiger partial charge in [0.1, 0.15) is 0 Å². The zero-order valence-electron chi connectivity index (χ0n) is 11.9. The Hall–Kier alpha value is -0.680. The Balaban J connectivity index is 2.64. The number of rotatable bonds is 8. The minimum absolute atomic E-state index is 0.0709. The number of halogens is 3. The monoisotopic (exact) mass is 305 g/mol. The van der Waals surface area contributed by atoms with Gasteiger partial charge in [0.15, 0.2) is 0 Å². The molecule has 0 heterocycles. The predicted octanol–water partition coefficient (Wildman–Crippen LogP) is 4.80. The van der Waals surface area contributed by atoms with Gasteiger partial charge in [-0.05, 0) is 30.4 Å². The largest absolute Gasteiger partial charge is 0.390 e. The van der Waals surface area contributed by atoms with E-state index in [1.807, 2.05) is 24.8 Å². The molecular formula is C15H22F3NS. The Labute approximate surface area is 123 Å². The maximum absolute atomic E-state index is 12.7. The van der Waals surface area contributed by atoms with E-state index in [1.54, 1.807) is 24.3 Å². The van der Waals surface area contributed by atoms with Crippen LogP contribution in [0.5, 0.6) is 0 Å². The molecule has 0 amide bonds. The number of alkyl halides is 3. The molecule has 5 heteroatoms. The molecule has 2 unspecified atom stereocenters. The van der Waals surface area contributed by atoms with Crippen molar-refractivity contribution in [3.8, 4) is 0 Å². The van der Waals surface area contributed by atoms with Gasteiger partial charge in [-0.1, -0.05) is 37.3 Å². The van der Waals surface area contributed by atoms with E-state index >= 15 is 0 Å². The summed E-state index contributed by atoms with van der Waals surface area (Å²) in [6.45, 7) is 4.03. The van der Waals surface area contributed by atoms with Crippen LogP contribution in [-0.2, 0) is 0 Å². The summed E-state index contributed by atoms with van der Waals surface area (Å²) in [5, 5.41) is 3.12. The van der Waals surface area contributed by atoms with Crippen LogP contribution in [0.25, 0.3) is 0 Å². The number of hydrogen-bond acceptors (Lipinski definition) is 2. The van der Waals surface area contributed by atoms with Gasteiger partial charge in [-0.3, -0.25) is 0 Å². The first-order chi connectivity index (χ1) is 9.42. The highest BCUT2D eigenvalue weighted by Crippen LogP contribution is 2.30. The summed E-state index contributed by atoms with van der Waals surface area (Å²) in [6.07, 6.45) is -4.12. The Morgan fingerprint density at radius 3 is 2.40 bits per heavy atom. The first-order valence-corrected chi connectivity index (χ1v) is 8.03. The van der Waals surface area contributed by atoms with Crippen LogP contribution in [0.2, 0.25) is 0 Å². The summed E-state index contributed by atoms with van der Waals surface area (Å²) in [6, 6.07) is 8.26. The molecular weight excluding hydrogens is 283 g/mol. The van der Waals surface area contributed by atoms with E-state index in [0.717, 1.165) is 17.9 Å². The van der Waals surface area contributed by atoms with Crippen molar-refractivity contribution in [1.29, 1.82) is 0 Å². The lowest BCUT2D eigenvalue weighted by molar-refractivity contribution is -0.140. The topological polar surface area (TPSA) is 12.0 Å². The third-order valence-electron chi connectivity index (χ3n) is 3.02. The molecule has 1 aromatic carbocycles. The first-order valence-electron chi connectivity index (χ1n) is 6.88. The minimum Gasteiger partial charge on any atom is -0.307 e. The van der Waals surface area contributed by atoms with Crippen LogP contribution in [0.15, 0.2) is 30.3 Å². The standard InChI is InChI=1S/C15H22F3NS/c1-3-20-10-9-12(2)19-14(11-15(16,17)18)13-7-5-4-6-8-13/h4-8,12,14,19H,3,9-11H2,1-2H3. The van der Waals surface area contributed by atoms with Crippen LogP contribution < -0.4 is 5.32 Å². The van der Waals surface area contributed by atoms with Gasteiger partial charge in [0, 0.05) is 12.1 Å². The molecule has 114 valence electrons. The Morgan fingerprint density at radius 1 is 1.20 bits per heavy atom. The molecule has 0 aromatic heterocycles. The SMILES string of the molecule is CCSCCC(C)NC(CC(F)(F)F)c1ccccc1. The maximum atomic E-state index is 12.7. The summed E-state index contributed by atoms with van der Waals surface area (Å²) in [7, 11) is 0. The number of benzene rings is 1. The molecule has 20 heavy (non-hydrogen) atoms. The van der Waals surface area contributed by atoms with Crippen LogP contribution >= 0.6 is 11.8 Å². The van der Waals surface area contributed by atoms with Gasteiger partial charge in [-0.25, -0.2) is 0 Å². The average molecular weight is 305 g/mol. The van der Waals surface area contributed by atoms with Crippen LogP contribution in [0, 0.1) is 0 Å². The number of hydrogen-bond donors (Lipinski definition) is 1. The molecule has 1 N–H and O–H groups in total. The highest BCUT2D eigenvalue weighted by Gasteiger charge is 2.33. The molecule has 1 rings (SSSR count). The van der Waals surface area contributed by atoms with E-state index in [1.165, 1.54) is 0 Å². The second kappa shape index (κ2) is 8.57. The second-order valence-corrected chi connectivity index (χ2v) is 6.23. The maximum Gasteiger partial charge on any atom is 0.390 e. The summed E-state index contributed by atoms with van der Waals surface area (Å²) >= 11 is 1.81. The van der Waals surface area contributed by atoms with Gasteiger partial charge in [-0.2, -0.15) is 24.9 Å². The summed E-state index contributed by atoms with van der Waals surface area (Å²) in [4.78, 5) is 0. The van der Waals surface area contributed by atoms with Crippen molar-refractivity contribution in [2.45, 2.75) is 44.9 Å². The van der Waals surface area contributed by atoms with Crippen molar-refractivity contribution in [3.63, 3.8) is 0 Å². The molecule has 2 atom stereocenters. The van der Waals surface area contributed by atoms with Crippen molar-refractivity contribution in [2.24, 2.45) is 0 Å². The molecule has 0 spiro atoms. The minimum atomic E-state index is -4.16. The van der Waals surface area contributed by atoms with E-state index in [4.69, 9.17) is 0 Å². The Kier molecular flexibility index (Phi) is 7.45. The molecule has 0 bridgehead atoms. The van der Waals surface area contributed by atoms with E-state index in [0.29, 0.717) is 5.56 Å². The average Bonchev–Trinajstić information content (AvgIpc) is 2.38. The highest BCUT2D eigenvalue weighted by atomic mass is 32.2. The summed E-state index contributed by atoms with van der Waals surface area (Å²) in [5.41, 5.74) is 0.694. The predicted molar refractivity (Wildman–Crippen MR) is 80.1 cm³/mol. The van der Waals surface area contributed by atoms with Crippen molar-refractivity contribution in [1.82, 2.24) is 5.32 Å². The van der Waals surface area contributed by atoms with Crippen molar-refractivity contribution in [3.05, 3.63) is 35.9 Å². The van der Waals surface area contributed by atoms with Gasteiger partial charge < -0.3 is 5.32 Å². The molecule has 0 saturated carbocycles. The van der Waals surface area contributed by atoms with Gasteiger partial charge in [0.25, 0.3) is 0 Å². The molecule has 1 nitrogen and oxygen atoms in total. The molecule has 1 aromatic rings. The molecule has 0 radical (unpaired) electrons. The third-order valence-corrected chi connectivity index (χ3v) is 3.96. The fourth-order valence-electron chi connectivity index (χ4n) is 2.02. The van der Waals surface area contributed by atoms with Crippen LogP contribution in [-0.4, -0.2) is 23.7 Å². The smallest absolute Gasteiger partial charge is 0.307 e. The van der Waals surface area contributed by atoms with Crippen molar-refractivity contribution in [2.75, 3.05) is 11.5 Å². The molecule has 0 aliphatic heterocycles. The fraction of sp³-hybridized carbons (Fsp3) is 0.600. The van der Waals surface area contributed by atoms with Crippen LogP contribution in [0.3, 0.4) is 0 Å². The van der Waals surface area contributed by atoms with Crippen LogP contribution in [0.1, 0.15) is 38.3 Å². The third kappa shape index (κ3) is 7.20. The van der Waals surface area contributed by atoms with E-state index in [2.05, 4.69) is 12.2 Å². The normalized spacial score (nSPS) is 15.1. The van der Waals surface area contributed by atoms with Crippen molar-refractivity contribution < 1.29 is 13.2 Å². The Bertz CT molecular complexity index is 367. The second-order valence-electron chi connectivity index (χ2n) is 4.84.